The molecule has 0 spiro atoms. The molecule has 0 radical (unpaired) electrons. The summed E-state index contributed by atoms with van der Waals surface area (Å²) in [6.07, 6.45) is 3.00. The summed E-state index contributed by atoms with van der Waals surface area (Å²) in [7, 11) is 0. The molecule has 16 heavy (non-hydrogen) atoms. The van der Waals surface area contributed by atoms with Gasteiger partial charge in [0.1, 0.15) is 0 Å². The van der Waals surface area contributed by atoms with Gasteiger partial charge in [-0.05, 0) is 31.6 Å². The highest BCUT2D eigenvalue weighted by atomic mass is 16.2. The topological polar surface area (TPSA) is 89.3 Å². The smallest absolute Gasteiger partial charge is 0.231 e. The van der Waals surface area contributed by atoms with Crippen molar-refractivity contribution in [2.45, 2.75) is 25.7 Å². The van der Waals surface area contributed by atoms with Crippen LogP contribution in [0.2, 0.25) is 0 Å². The van der Waals surface area contributed by atoms with Crippen molar-refractivity contribution < 1.29 is 14.4 Å². The first-order chi connectivity index (χ1) is 7.56. The molecular weight excluding hydrogens is 208 g/mol. The summed E-state index contributed by atoms with van der Waals surface area (Å²) >= 11 is 0. The number of rotatable bonds is 1. The average Bonchev–Trinajstić information content (AvgIpc) is 2.58. The van der Waals surface area contributed by atoms with Gasteiger partial charge in [-0.3, -0.25) is 19.7 Å². The maximum absolute atomic E-state index is 11.8. The fourth-order valence-electron chi connectivity index (χ4n) is 3.90. The average molecular weight is 222 g/mol. The van der Waals surface area contributed by atoms with Crippen LogP contribution in [-0.2, 0) is 14.4 Å². The van der Waals surface area contributed by atoms with Crippen LogP contribution in [0, 0.1) is 23.2 Å². The van der Waals surface area contributed by atoms with Gasteiger partial charge in [-0.2, -0.15) is 0 Å². The number of fused-ring (bicyclic) bond motifs is 2. The number of imide groups is 1. The molecule has 4 rings (SSSR count). The van der Waals surface area contributed by atoms with E-state index in [0.29, 0.717) is 12.8 Å². The molecule has 0 aromatic heterocycles. The van der Waals surface area contributed by atoms with Crippen LogP contribution in [0.15, 0.2) is 0 Å². The lowest BCUT2D eigenvalue weighted by molar-refractivity contribution is -0.153. The van der Waals surface area contributed by atoms with Crippen molar-refractivity contribution in [1.82, 2.24) is 5.32 Å². The maximum Gasteiger partial charge on any atom is 0.231 e. The third-order valence-corrected chi connectivity index (χ3v) is 4.71. The van der Waals surface area contributed by atoms with Crippen LogP contribution in [0.4, 0.5) is 0 Å². The molecule has 1 aliphatic heterocycles. The van der Waals surface area contributed by atoms with Gasteiger partial charge in [0.05, 0.1) is 17.3 Å². The van der Waals surface area contributed by atoms with E-state index in [1.54, 1.807) is 0 Å². The summed E-state index contributed by atoms with van der Waals surface area (Å²) in [6.45, 7) is 0. The normalized spacial score (nSPS) is 45.4. The number of hydrogen-bond acceptors (Lipinski definition) is 3. The zero-order chi connectivity index (χ0) is 11.5. The molecule has 0 aromatic rings. The second kappa shape index (κ2) is 2.84. The standard InChI is InChI=1S/C11H14N2O3/c12-10(16)11-3-1-5(2-4-11)6-7(11)9(15)13-8(6)14/h5-7H,1-4H2,(H2,12,16)(H,13,14,15). The van der Waals surface area contributed by atoms with E-state index in [0.717, 1.165) is 12.8 Å². The van der Waals surface area contributed by atoms with Gasteiger partial charge in [0.25, 0.3) is 0 Å². The van der Waals surface area contributed by atoms with E-state index in [1.165, 1.54) is 0 Å². The highest BCUT2D eigenvalue weighted by Crippen LogP contribution is 2.58. The van der Waals surface area contributed by atoms with Gasteiger partial charge in [-0.25, -0.2) is 0 Å². The minimum Gasteiger partial charge on any atom is -0.369 e. The zero-order valence-electron chi connectivity index (χ0n) is 8.86. The van der Waals surface area contributed by atoms with Gasteiger partial charge in [0.2, 0.25) is 17.7 Å². The monoisotopic (exact) mass is 222 g/mol. The Hall–Kier alpha value is -1.39. The Morgan fingerprint density at radius 2 is 1.88 bits per heavy atom. The van der Waals surface area contributed by atoms with Crippen molar-refractivity contribution in [3.63, 3.8) is 0 Å². The lowest BCUT2D eigenvalue weighted by Crippen LogP contribution is -2.56. The van der Waals surface area contributed by atoms with Gasteiger partial charge in [0.15, 0.2) is 0 Å². The van der Waals surface area contributed by atoms with Crippen molar-refractivity contribution in [3.8, 4) is 0 Å². The van der Waals surface area contributed by atoms with Crippen molar-refractivity contribution >= 4 is 17.7 Å². The Balaban J connectivity index is 2.10. The molecule has 2 atom stereocenters. The first-order valence-electron chi connectivity index (χ1n) is 5.71. The molecule has 1 saturated heterocycles. The highest BCUT2D eigenvalue weighted by molar-refractivity contribution is 6.08. The first kappa shape index (κ1) is 9.81. The van der Waals surface area contributed by atoms with Crippen LogP contribution >= 0.6 is 0 Å². The number of primary amides is 1. The summed E-state index contributed by atoms with van der Waals surface area (Å²) in [4.78, 5) is 35.1. The van der Waals surface area contributed by atoms with E-state index < -0.39 is 17.2 Å². The summed E-state index contributed by atoms with van der Waals surface area (Å²) in [5.41, 5.74) is 4.72. The fraction of sp³-hybridized carbons (Fsp3) is 0.727. The second-order valence-electron chi connectivity index (χ2n) is 5.21. The minimum absolute atomic E-state index is 0.204. The number of carbonyl (C=O) groups is 3. The Bertz CT molecular complexity index is 396. The van der Waals surface area contributed by atoms with Gasteiger partial charge in [-0.1, -0.05) is 0 Å². The Labute approximate surface area is 92.7 Å². The van der Waals surface area contributed by atoms with Crippen LogP contribution in [0.5, 0.6) is 0 Å². The number of carbonyl (C=O) groups excluding carboxylic acids is 3. The summed E-state index contributed by atoms with van der Waals surface area (Å²) in [6, 6.07) is 0. The third kappa shape index (κ3) is 0.936. The van der Waals surface area contributed by atoms with Gasteiger partial charge in [-0.15, -0.1) is 0 Å². The molecule has 86 valence electrons. The lowest BCUT2D eigenvalue weighted by Gasteiger charge is -2.50. The Morgan fingerprint density at radius 1 is 1.25 bits per heavy atom. The maximum atomic E-state index is 11.8. The van der Waals surface area contributed by atoms with Crippen molar-refractivity contribution in [2.75, 3.05) is 0 Å². The van der Waals surface area contributed by atoms with Crippen LogP contribution in [0.25, 0.3) is 0 Å². The van der Waals surface area contributed by atoms with Crippen molar-refractivity contribution in [2.24, 2.45) is 28.9 Å². The van der Waals surface area contributed by atoms with E-state index in [1.807, 2.05) is 0 Å². The molecular formula is C11H14N2O3. The van der Waals surface area contributed by atoms with Crippen LogP contribution < -0.4 is 11.1 Å². The van der Waals surface area contributed by atoms with E-state index >= 15 is 0 Å². The van der Waals surface area contributed by atoms with E-state index in [-0.39, 0.29) is 23.7 Å². The molecule has 5 nitrogen and oxygen atoms in total. The molecule has 3 N–H and O–H groups in total. The van der Waals surface area contributed by atoms with Crippen LogP contribution in [0.3, 0.4) is 0 Å². The molecule has 1 heterocycles. The number of nitrogens with one attached hydrogen (secondary N) is 1. The van der Waals surface area contributed by atoms with E-state index in [4.69, 9.17) is 5.73 Å². The van der Waals surface area contributed by atoms with E-state index in [9.17, 15) is 14.4 Å². The quantitative estimate of drug-likeness (QED) is 0.589. The van der Waals surface area contributed by atoms with Crippen LogP contribution in [0.1, 0.15) is 25.7 Å². The molecule has 0 aromatic carbocycles. The van der Waals surface area contributed by atoms with Gasteiger partial charge in [0, 0.05) is 0 Å². The van der Waals surface area contributed by atoms with Crippen molar-refractivity contribution in [1.29, 1.82) is 0 Å². The number of hydrogen-bond donors (Lipinski definition) is 2. The molecule has 3 amide bonds. The molecule has 3 aliphatic carbocycles. The lowest BCUT2D eigenvalue weighted by atomic mass is 9.51. The molecule has 4 fully saturated rings. The minimum atomic E-state index is -0.754. The number of amides is 3. The predicted octanol–water partition coefficient (Wildman–Crippen LogP) is -0.449. The third-order valence-electron chi connectivity index (χ3n) is 4.71. The first-order valence-corrected chi connectivity index (χ1v) is 5.71. The van der Waals surface area contributed by atoms with E-state index in [2.05, 4.69) is 5.32 Å². The summed E-state index contributed by atoms with van der Waals surface area (Å²) < 4.78 is 0. The molecule has 4 aliphatic rings. The molecule has 2 bridgehead atoms. The SMILES string of the molecule is NC(=O)C12CCC(CC1)C1C(=O)NC(=O)C12. The molecule has 3 saturated carbocycles. The Kier molecular flexibility index (Phi) is 1.74. The number of nitrogens with two attached hydrogens (primary N) is 1. The summed E-state index contributed by atoms with van der Waals surface area (Å²) in [5.74, 6) is -1.45. The van der Waals surface area contributed by atoms with Crippen LogP contribution in [-0.4, -0.2) is 17.7 Å². The predicted molar refractivity (Wildman–Crippen MR) is 53.7 cm³/mol. The Morgan fingerprint density at radius 3 is 2.44 bits per heavy atom. The highest BCUT2D eigenvalue weighted by Gasteiger charge is 2.64. The fourth-order valence-corrected chi connectivity index (χ4v) is 3.90. The van der Waals surface area contributed by atoms with Crippen molar-refractivity contribution in [3.05, 3.63) is 0 Å². The molecule has 2 unspecified atom stereocenters. The van der Waals surface area contributed by atoms with Gasteiger partial charge >= 0.3 is 0 Å². The zero-order valence-corrected chi connectivity index (χ0v) is 8.86. The largest absolute Gasteiger partial charge is 0.369 e. The molecule has 5 heteroatoms. The van der Waals surface area contributed by atoms with Gasteiger partial charge < -0.3 is 5.73 Å². The summed E-state index contributed by atoms with van der Waals surface area (Å²) in [5, 5.41) is 2.35. The second-order valence-corrected chi connectivity index (χ2v) is 5.21.